The molecular formula is C25H27NO4. The summed E-state index contributed by atoms with van der Waals surface area (Å²) in [7, 11) is 3.08. The topological polar surface area (TPSA) is 56.8 Å². The summed E-state index contributed by atoms with van der Waals surface area (Å²) in [5.74, 6) is 1.85. The van der Waals surface area contributed by atoms with Gasteiger partial charge in [-0.05, 0) is 43.2 Å². The highest BCUT2D eigenvalue weighted by Crippen LogP contribution is 2.33. The number of amides is 1. The highest BCUT2D eigenvalue weighted by molar-refractivity contribution is 5.82. The molecule has 5 heteroatoms. The Balaban J connectivity index is 1.85. The number of para-hydroxylation sites is 2. The number of hydrogen-bond acceptors (Lipinski definition) is 4. The van der Waals surface area contributed by atoms with E-state index in [-0.39, 0.29) is 5.91 Å². The minimum Gasteiger partial charge on any atom is -0.488 e. The van der Waals surface area contributed by atoms with Crippen LogP contribution >= 0.6 is 0 Å². The maximum absolute atomic E-state index is 12.2. The number of ether oxygens (including phenoxy) is 3. The molecule has 0 bridgehead atoms. The zero-order chi connectivity index (χ0) is 21.5. The summed E-state index contributed by atoms with van der Waals surface area (Å²) in [6, 6.07) is 21.2. The van der Waals surface area contributed by atoms with Crippen LogP contribution in [0.25, 0.3) is 0 Å². The number of aryl methyl sites for hydroxylation is 2. The Morgan fingerprint density at radius 1 is 0.933 bits per heavy atom. The number of carbonyl (C=O) groups is 1. The molecule has 0 aliphatic rings. The zero-order valence-electron chi connectivity index (χ0n) is 17.8. The Hall–Kier alpha value is -3.31. The molecule has 1 atom stereocenters. The number of hydrogen-bond donors (Lipinski definition) is 1. The summed E-state index contributed by atoms with van der Waals surface area (Å²) >= 11 is 0. The van der Waals surface area contributed by atoms with Gasteiger partial charge in [0.25, 0.3) is 5.91 Å². The summed E-state index contributed by atoms with van der Waals surface area (Å²) in [5, 5.41) is 2.63. The van der Waals surface area contributed by atoms with Crippen LogP contribution in [0.3, 0.4) is 0 Å². The average Bonchev–Trinajstić information content (AvgIpc) is 2.76. The molecule has 0 spiro atoms. The first-order valence-electron chi connectivity index (χ1n) is 9.82. The van der Waals surface area contributed by atoms with Crippen molar-refractivity contribution < 1.29 is 19.0 Å². The predicted octanol–water partition coefficient (Wildman–Crippen LogP) is 5.11. The second-order valence-electron chi connectivity index (χ2n) is 7.04. The molecular weight excluding hydrogens is 378 g/mol. The first-order valence-corrected chi connectivity index (χ1v) is 9.82. The quantitative estimate of drug-likeness (QED) is 0.566. The highest BCUT2D eigenvalue weighted by atomic mass is 16.5. The molecule has 3 aromatic rings. The molecule has 156 valence electrons. The van der Waals surface area contributed by atoms with Crippen LogP contribution < -0.4 is 14.8 Å². The minimum absolute atomic E-state index is 0.236. The van der Waals surface area contributed by atoms with Gasteiger partial charge >= 0.3 is 0 Å². The maximum Gasteiger partial charge on any atom is 0.253 e. The van der Waals surface area contributed by atoms with Gasteiger partial charge in [-0.1, -0.05) is 48.5 Å². The normalized spacial score (nSPS) is 11.6. The van der Waals surface area contributed by atoms with Crippen LogP contribution in [-0.2, 0) is 16.1 Å². The fraction of sp³-hybridized carbons (Fsp3) is 0.240. The molecule has 3 aromatic carbocycles. The molecule has 0 fully saturated rings. The van der Waals surface area contributed by atoms with Gasteiger partial charge in [0.05, 0.1) is 0 Å². The van der Waals surface area contributed by atoms with Gasteiger partial charge in [0.1, 0.15) is 23.9 Å². The Bertz CT molecular complexity index is 1020. The molecule has 30 heavy (non-hydrogen) atoms. The first-order chi connectivity index (χ1) is 14.5. The Morgan fingerprint density at radius 2 is 1.63 bits per heavy atom. The molecule has 0 heterocycles. The van der Waals surface area contributed by atoms with Crippen molar-refractivity contribution in [3.05, 3.63) is 89.0 Å². The zero-order valence-corrected chi connectivity index (χ0v) is 17.8. The van der Waals surface area contributed by atoms with E-state index < -0.39 is 6.10 Å². The van der Waals surface area contributed by atoms with E-state index in [1.165, 1.54) is 7.11 Å². The van der Waals surface area contributed by atoms with Crippen LogP contribution in [0.2, 0.25) is 0 Å². The van der Waals surface area contributed by atoms with Crippen LogP contribution in [0.5, 0.6) is 17.2 Å². The third-order valence-electron chi connectivity index (χ3n) is 4.84. The van der Waals surface area contributed by atoms with E-state index in [0.717, 1.165) is 22.4 Å². The molecule has 0 aliphatic carbocycles. The second-order valence-corrected chi connectivity index (χ2v) is 7.04. The monoisotopic (exact) mass is 405 g/mol. The molecule has 1 N–H and O–H groups in total. The molecule has 5 nitrogen and oxygen atoms in total. The van der Waals surface area contributed by atoms with Crippen LogP contribution in [0.4, 0.5) is 0 Å². The van der Waals surface area contributed by atoms with Gasteiger partial charge in [0.15, 0.2) is 6.10 Å². The van der Waals surface area contributed by atoms with E-state index in [0.29, 0.717) is 23.7 Å². The molecule has 0 aromatic heterocycles. The van der Waals surface area contributed by atoms with Crippen molar-refractivity contribution in [1.82, 2.24) is 5.32 Å². The molecule has 1 unspecified atom stereocenters. The minimum atomic E-state index is -0.760. The predicted molar refractivity (Wildman–Crippen MR) is 117 cm³/mol. The van der Waals surface area contributed by atoms with Gasteiger partial charge < -0.3 is 19.5 Å². The van der Waals surface area contributed by atoms with Crippen molar-refractivity contribution in [2.45, 2.75) is 26.6 Å². The van der Waals surface area contributed by atoms with E-state index in [2.05, 4.69) is 11.4 Å². The Kier molecular flexibility index (Phi) is 7.09. The first kappa shape index (κ1) is 21.4. The van der Waals surface area contributed by atoms with Crippen molar-refractivity contribution in [1.29, 1.82) is 0 Å². The number of rotatable bonds is 8. The maximum atomic E-state index is 12.2. The van der Waals surface area contributed by atoms with Gasteiger partial charge in [-0.25, -0.2) is 0 Å². The lowest BCUT2D eigenvalue weighted by Crippen LogP contribution is -2.27. The fourth-order valence-corrected chi connectivity index (χ4v) is 3.16. The third-order valence-corrected chi connectivity index (χ3v) is 4.84. The number of carbonyl (C=O) groups excluding carboxylic acids is 1. The number of nitrogens with one attached hydrogen (secondary N) is 1. The summed E-state index contributed by atoms with van der Waals surface area (Å²) in [6.07, 6.45) is -0.760. The van der Waals surface area contributed by atoms with Crippen molar-refractivity contribution in [2.24, 2.45) is 0 Å². The van der Waals surface area contributed by atoms with E-state index in [9.17, 15) is 4.79 Å². The van der Waals surface area contributed by atoms with E-state index in [1.807, 2.05) is 74.5 Å². The number of likely N-dealkylation sites (N-methyl/N-ethyl adjacent to an activating group) is 1. The van der Waals surface area contributed by atoms with Crippen molar-refractivity contribution >= 4 is 5.91 Å². The molecule has 0 aliphatic heterocycles. The summed E-state index contributed by atoms with van der Waals surface area (Å²) in [5.41, 5.74) is 3.79. The fourth-order valence-electron chi connectivity index (χ4n) is 3.16. The standard InChI is InChI=1S/C25H27NO4/c1-17-13-14-18(2)23(15-17)29-16-19-9-5-7-11-21(19)30-22-12-8-6-10-20(22)24(28-4)25(27)26-3/h5-15,24H,16H2,1-4H3,(H,26,27). The summed E-state index contributed by atoms with van der Waals surface area (Å²) < 4.78 is 17.7. The van der Waals surface area contributed by atoms with Gasteiger partial charge in [-0.2, -0.15) is 0 Å². The molecule has 3 rings (SSSR count). The van der Waals surface area contributed by atoms with Gasteiger partial charge in [-0.3, -0.25) is 4.79 Å². The van der Waals surface area contributed by atoms with Crippen LogP contribution in [0.1, 0.15) is 28.4 Å². The molecule has 0 saturated carbocycles. The highest BCUT2D eigenvalue weighted by Gasteiger charge is 2.23. The Morgan fingerprint density at radius 3 is 2.37 bits per heavy atom. The lowest BCUT2D eigenvalue weighted by atomic mass is 10.1. The third kappa shape index (κ3) is 4.99. The van der Waals surface area contributed by atoms with Crippen molar-refractivity contribution in [3.63, 3.8) is 0 Å². The van der Waals surface area contributed by atoms with Crippen molar-refractivity contribution in [2.75, 3.05) is 14.2 Å². The lowest BCUT2D eigenvalue weighted by Gasteiger charge is -2.19. The number of methoxy groups -OCH3 is 1. The smallest absolute Gasteiger partial charge is 0.253 e. The molecule has 1 amide bonds. The second kappa shape index (κ2) is 9.94. The van der Waals surface area contributed by atoms with E-state index in [4.69, 9.17) is 14.2 Å². The van der Waals surface area contributed by atoms with Gasteiger partial charge in [0, 0.05) is 25.3 Å². The summed E-state index contributed by atoms with van der Waals surface area (Å²) in [6.45, 7) is 4.43. The van der Waals surface area contributed by atoms with E-state index >= 15 is 0 Å². The van der Waals surface area contributed by atoms with Gasteiger partial charge in [-0.15, -0.1) is 0 Å². The van der Waals surface area contributed by atoms with E-state index in [1.54, 1.807) is 7.05 Å². The average molecular weight is 405 g/mol. The molecule has 0 saturated heterocycles. The van der Waals surface area contributed by atoms with Crippen molar-refractivity contribution in [3.8, 4) is 17.2 Å². The molecule has 0 radical (unpaired) electrons. The van der Waals surface area contributed by atoms with Gasteiger partial charge in [0.2, 0.25) is 0 Å². The summed E-state index contributed by atoms with van der Waals surface area (Å²) in [4.78, 5) is 12.2. The van der Waals surface area contributed by atoms with Crippen LogP contribution in [0.15, 0.2) is 66.7 Å². The number of benzene rings is 3. The Labute approximate surface area is 177 Å². The van der Waals surface area contributed by atoms with Crippen LogP contribution in [-0.4, -0.2) is 20.1 Å². The lowest BCUT2D eigenvalue weighted by molar-refractivity contribution is -0.130. The van der Waals surface area contributed by atoms with Crippen LogP contribution in [0, 0.1) is 13.8 Å². The largest absolute Gasteiger partial charge is 0.488 e. The SMILES string of the molecule is CNC(=O)C(OC)c1ccccc1Oc1ccccc1COc1cc(C)ccc1C.